The first-order valence-electron chi connectivity index (χ1n) is 6.95. The number of aromatic nitrogens is 2. The summed E-state index contributed by atoms with van der Waals surface area (Å²) in [6.07, 6.45) is 1.75. The Bertz CT molecular complexity index is 665. The predicted molar refractivity (Wildman–Crippen MR) is 81.2 cm³/mol. The van der Waals surface area contributed by atoms with Crippen LogP contribution in [0.15, 0.2) is 47.3 Å². The molecule has 0 saturated carbocycles. The Morgan fingerprint density at radius 2 is 1.95 bits per heavy atom. The Hall–Kier alpha value is -2.43. The van der Waals surface area contributed by atoms with Crippen LogP contribution >= 0.6 is 0 Å². The molecule has 1 atom stereocenters. The zero-order valence-corrected chi connectivity index (χ0v) is 12.2. The van der Waals surface area contributed by atoms with E-state index in [-0.39, 0.29) is 23.2 Å². The highest BCUT2D eigenvalue weighted by molar-refractivity contribution is 5.92. The molecule has 1 aromatic carbocycles. The van der Waals surface area contributed by atoms with Crippen molar-refractivity contribution < 1.29 is 4.79 Å². The third kappa shape index (κ3) is 4.27. The first-order valence-corrected chi connectivity index (χ1v) is 6.95. The maximum absolute atomic E-state index is 12.0. The van der Waals surface area contributed by atoms with Gasteiger partial charge >= 0.3 is 0 Å². The maximum atomic E-state index is 12.0. The highest BCUT2D eigenvalue weighted by Crippen LogP contribution is 2.05. The minimum atomic E-state index is -0.258. The molecule has 0 aliphatic carbocycles. The molecule has 1 N–H and O–H groups in total. The number of nitrogens with one attached hydrogen (secondary N) is 1. The molecule has 21 heavy (non-hydrogen) atoms. The molecule has 1 unspecified atom stereocenters. The first-order chi connectivity index (χ1) is 10.1. The van der Waals surface area contributed by atoms with Crippen LogP contribution in [0.3, 0.4) is 0 Å². The summed E-state index contributed by atoms with van der Waals surface area (Å²) in [5.74, 6) is -0.258. The van der Waals surface area contributed by atoms with Gasteiger partial charge in [-0.25, -0.2) is 4.68 Å². The molecule has 0 aliphatic heterocycles. The number of benzene rings is 1. The molecule has 0 spiro atoms. The predicted octanol–water partition coefficient (Wildman–Crippen LogP) is 1.53. The summed E-state index contributed by atoms with van der Waals surface area (Å²) >= 11 is 0. The van der Waals surface area contributed by atoms with Gasteiger partial charge in [0.25, 0.3) is 11.5 Å². The maximum Gasteiger partial charge on any atom is 0.271 e. The van der Waals surface area contributed by atoms with Crippen molar-refractivity contribution in [1.82, 2.24) is 15.1 Å². The summed E-state index contributed by atoms with van der Waals surface area (Å²) in [4.78, 5) is 23.3. The minimum Gasteiger partial charge on any atom is -0.348 e. The molecule has 1 amide bonds. The zero-order chi connectivity index (χ0) is 15.2. The van der Waals surface area contributed by atoms with Crippen molar-refractivity contribution in [3.63, 3.8) is 0 Å². The average molecular weight is 285 g/mol. The molecule has 2 rings (SSSR count). The van der Waals surface area contributed by atoms with E-state index in [1.165, 1.54) is 24.7 Å². The lowest BCUT2D eigenvalue weighted by atomic mass is 10.1. The van der Waals surface area contributed by atoms with Crippen LogP contribution in [0.4, 0.5) is 0 Å². The van der Waals surface area contributed by atoms with E-state index in [2.05, 4.69) is 22.5 Å². The van der Waals surface area contributed by atoms with Gasteiger partial charge in [-0.15, -0.1) is 0 Å². The number of rotatable bonds is 5. The average Bonchev–Trinajstić information content (AvgIpc) is 2.49. The van der Waals surface area contributed by atoms with Crippen LogP contribution in [-0.2, 0) is 13.5 Å². The van der Waals surface area contributed by atoms with E-state index in [1.807, 2.05) is 25.1 Å². The van der Waals surface area contributed by atoms with Gasteiger partial charge in [0.15, 0.2) is 0 Å². The molecule has 5 heteroatoms. The molecule has 2 aromatic rings. The first kappa shape index (κ1) is 15.0. The van der Waals surface area contributed by atoms with Gasteiger partial charge in [-0.1, -0.05) is 30.3 Å². The summed E-state index contributed by atoms with van der Waals surface area (Å²) in [5.41, 5.74) is 1.27. The Labute approximate surface area is 123 Å². The summed E-state index contributed by atoms with van der Waals surface area (Å²) in [6.45, 7) is 1.96. The van der Waals surface area contributed by atoms with Gasteiger partial charge in [-0.3, -0.25) is 9.59 Å². The lowest BCUT2D eigenvalue weighted by Gasteiger charge is -2.13. The summed E-state index contributed by atoms with van der Waals surface area (Å²) in [5, 5.41) is 6.83. The number of carbonyl (C=O) groups is 1. The van der Waals surface area contributed by atoms with Crippen LogP contribution in [0.2, 0.25) is 0 Å². The van der Waals surface area contributed by atoms with E-state index in [0.29, 0.717) is 0 Å². The fraction of sp³-hybridized carbons (Fsp3) is 0.312. The van der Waals surface area contributed by atoms with E-state index < -0.39 is 0 Å². The van der Waals surface area contributed by atoms with Gasteiger partial charge in [0, 0.05) is 19.2 Å². The van der Waals surface area contributed by atoms with E-state index in [9.17, 15) is 9.59 Å². The van der Waals surface area contributed by atoms with Gasteiger partial charge in [-0.2, -0.15) is 5.10 Å². The van der Waals surface area contributed by atoms with E-state index in [0.717, 1.165) is 17.5 Å². The second-order valence-corrected chi connectivity index (χ2v) is 5.08. The van der Waals surface area contributed by atoms with E-state index in [1.54, 1.807) is 0 Å². The van der Waals surface area contributed by atoms with E-state index in [4.69, 9.17) is 0 Å². The van der Waals surface area contributed by atoms with Crippen molar-refractivity contribution in [2.24, 2.45) is 7.05 Å². The SMILES string of the molecule is CC(CCc1ccccc1)NC(=O)c1ccc(=O)n(C)n1. The molecule has 0 saturated heterocycles. The Kier molecular flexibility index (Phi) is 4.87. The molecule has 110 valence electrons. The normalized spacial score (nSPS) is 11.9. The van der Waals surface area contributed by atoms with Crippen molar-refractivity contribution in [2.45, 2.75) is 25.8 Å². The van der Waals surface area contributed by atoms with Gasteiger partial charge in [0.2, 0.25) is 0 Å². The minimum absolute atomic E-state index is 0.0386. The van der Waals surface area contributed by atoms with Crippen molar-refractivity contribution in [1.29, 1.82) is 0 Å². The molecule has 0 radical (unpaired) electrons. The molecule has 0 bridgehead atoms. The van der Waals surface area contributed by atoms with Crippen molar-refractivity contribution in [3.05, 3.63) is 64.1 Å². The molecule has 0 fully saturated rings. The van der Waals surface area contributed by atoms with Crippen LogP contribution in [-0.4, -0.2) is 21.7 Å². The number of carbonyl (C=O) groups excluding carboxylic acids is 1. The lowest BCUT2D eigenvalue weighted by Crippen LogP contribution is -2.34. The van der Waals surface area contributed by atoms with Crippen molar-refractivity contribution in [2.75, 3.05) is 0 Å². The Morgan fingerprint density at radius 1 is 1.24 bits per heavy atom. The van der Waals surface area contributed by atoms with Gasteiger partial charge < -0.3 is 5.32 Å². The second-order valence-electron chi connectivity index (χ2n) is 5.08. The molecule has 5 nitrogen and oxygen atoms in total. The molecule has 0 aliphatic rings. The fourth-order valence-electron chi connectivity index (χ4n) is 2.02. The number of aryl methyl sites for hydroxylation is 2. The Morgan fingerprint density at radius 3 is 2.62 bits per heavy atom. The summed E-state index contributed by atoms with van der Waals surface area (Å²) in [7, 11) is 1.53. The lowest BCUT2D eigenvalue weighted by molar-refractivity contribution is 0.0931. The quantitative estimate of drug-likeness (QED) is 0.906. The number of amides is 1. The highest BCUT2D eigenvalue weighted by Gasteiger charge is 2.12. The number of hydrogen-bond donors (Lipinski definition) is 1. The van der Waals surface area contributed by atoms with Crippen LogP contribution in [0.5, 0.6) is 0 Å². The molecule has 1 aromatic heterocycles. The van der Waals surface area contributed by atoms with Crippen LogP contribution in [0.1, 0.15) is 29.4 Å². The van der Waals surface area contributed by atoms with Crippen LogP contribution in [0, 0.1) is 0 Å². The van der Waals surface area contributed by atoms with Gasteiger partial charge in [0.1, 0.15) is 5.69 Å². The highest BCUT2D eigenvalue weighted by atomic mass is 16.2. The second kappa shape index (κ2) is 6.83. The molecular formula is C16H19N3O2. The molecule has 1 heterocycles. The fourth-order valence-corrected chi connectivity index (χ4v) is 2.02. The third-order valence-corrected chi connectivity index (χ3v) is 3.28. The van der Waals surface area contributed by atoms with Crippen molar-refractivity contribution in [3.8, 4) is 0 Å². The number of hydrogen-bond acceptors (Lipinski definition) is 3. The molecular weight excluding hydrogens is 266 g/mol. The topological polar surface area (TPSA) is 64.0 Å². The zero-order valence-electron chi connectivity index (χ0n) is 12.2. The van der Waals surface area contributed by atoms with Crippen LogP contribution < -0.4 is 10.9 Å². The largest absolute Gasteiger partial charge is 0.348 e. The monoisotopic (exact) mass is 285 g/mol. The standard InChI is InChI=1S/C16H19N3O2/c1-12(8-9-13-6-4-3-5-7-13)17-16(21)14-10-11-15(20)19(2)18-14/h3-7,10-12H,8-9H2,1-2H3,(H,17,21). The van der Waals surface area contributed by atoms with Crippen molar-refractivity contribution >= 4 is 5.91 Å². The third-order valence-electron chi connectivity index (χ3n) is 3.28. The van der Waals surface area contributed by atoms with Crippen LogP contribution in [0.25, 0.3) is 0 Å². The van der Waals surface area contributed by atoms with Gasteiger partial charge in [0.05, 0.1) is 0 Å². The smallest absolute Gasteiger partial charge is 0.271 e. The van der Waals surface area contributed by atoms with E-state index >= 15 is 0 Å². The summed E-state index contributed by atoms with van der Waals surface area (Å²) < 4.78 is 1.16. The summed E-state index contributed by atoms with van der Waals surface area (Å²) in [6, 6.07) is 13.0. The number of nitrogens with zero attached hydrogens (tertiary/aromatic N) is 2. The van der Waals surface area contributed by atoms with Gasteiger partial charge in [-0.05, 0) is 31.4 Å². The Balaban J connectivity index is 1.89.